The van der Waals surface area contributed by atoms with E-state index in [0.717, 1.165) is 19.3 Å². The second kappa shape index (κ2) is 18.1. The Kier molecular flexibility index (Phi) is 17.2. The van der Waals surface area contributed by atoms with Gasteiger partial charge in [-0.3, -0.25) is 4.79 Å². The molecule has 27 heavy (non-hydrogen) atoms. The number of aliphatic hydroxyl groups is 1. The van der Waals surface area contributed by atoms with E-state index in [-0.39, 0.29) is 13.0 Å². The van der Waals surface area contributed by atoms with Crippen molar-refractivity contribution in [2.45, 2.75) is 116 Å². The molecule has 0 aliphatic heterocycles. The molecule has 0 unspecified atom stereocenters. The third-order valence-corrected chi connectivity index (χ3v) is 4.73. The topological polar surface area (TPSA) is 95.3 Å². The van der Waals surface area contributed by atoms with Gasteiger partial charge in [0.15, 0.2) is 6.04 Å². The van der Waals surface area contributed by atoms with Gasteiger partial charge in [-0.15, -0.1) is 0 Å². The van der Waals surface area contributed by atoms with Gasteiger partial charge < -0.3 is 9.84 Å². The van der Waals surface area contributed by atoms with Crippen LogP contribution in [0.2, 0.25) is 0 Å². The van der Waals surface area contributed by atoms with E-state index in [1.165, 1.54) is 51.4 Å². The van der Waals surface area contributed by atoms with E-state index in [9.17, 15) is 14.3 Å². The highest BCUT2D eigenvalue weighted by molar-refractivity contribution is 5.76. The molecule has 0 aliphatic carbocycles. The number of ether oxygens (including phenoxy) is 1. The Balaban J connectivity index is 3.78. The molecule has 0 radical (unpaired) electrons. The minimum atomic E-state index is -1.66. The molecule has 0 saturated heterocycles. The van der Waals surface area contributed by atoms with E-state index in [2.05, 4.69) is 16.9 Å². The van der Waals surface area contributed by atoms with Crippen LogP contribution in [0.5, 0.6) is 0 Å². The van der Waals surface area contributed by atoms with Crippen molar-refractivity contribution < 1.29 is 19.0 Å². The summed E-state index contributed by atoms with van der Waals surface area (Å²) in [4.78, 5) is 14.1. The van der Waals surface area contributed by atoms with Gasteiger partial charge in [0.25, 0.3) is 0 Å². The van der Waals surface area contributed by atoms with Gasteiger partial charge in [-0.25, -0.2) is 4.39 Å². The smallest absolute Gasteiger partial charge is 0.317 e. The average molecular weight is 388 g/mol. The molecule has 1 N–H and O–H groups in total. The van der Waals surface area contributed by atoms with Crippen molar-refractivity contribution in [2.75, 3.05) is 6.61 Å². The Bertz CT molecular complexity index is 417. The van der Waals surface area contributed by atoms with Crippen LogP contribution in [-0.2, 0) is 9.53 Å². The number of unbranched alkanes of at least 4 members (excludes halogenated alkanes) is 11. The zero-order valence-corrected chi connectivity index (χ0v) is 17.1. The van der Waals surface area contributed by atoms with Gasteiger partial charge in [0.05, 0.1) is 6.61 Å². The number of aliphatic hydroxyl groups excluding tert-OH is 1. The summed E-state index contributed by atoms with van der Waals surface area (Å²) >= 11 is 0. The summed E-state index contributed by atoms with van der Waals surface area (Å²) in [6, 6.07) is -1.53. The van der Waals surface area contributed by atoms with Crippen molar-refractivity contribution >= 4 is 5.97 Å². The standard InChI is InChI=1S/C20H38FN3O3/c1-3-5-6-7-8-9-10-11-12-13-14-15-16-17(21)19(25)18(23-24-22)20(26)27-4-2/h17-19,25H,3-16H2,1-2H3/t17-,18-,19-/m0/s1. The number of alkyl halides is 1. The van der Waals surface area contributed by atoms with Crippen molar-refractivity contribution in [3.8, 4) is 0 Å². The SMILES string of the molecule is CCCCCCCCCCCCCC[C@H](F)[C@H](O)[C@H](N=[N+]=[N-])C(=O)OCC. The van der Waals surface area contributed by atoms with Gasteiger partial charge in [0, 0.05) is 4.91 Å². The zero-order chi connectivity index (χ0) is 20.3. The molecule has 0 bridgehead atoms. The number of hydrogen-bond donors (Lipinski definition) is 1. The fourth-order valence-corrected chi connectivity index (χ4v) is 3.09. The fourth-order valence-electron chi connectivity index (χ4n) is 3.09. The molecule has 0 amide bonds. The van der Waals surface area contributed by atoms with Gasteiger partial charge >= 0.3 is 5.97 Å². The lowest BCUT2D eigenvalue weighted by molar-refractivity contribution is -0.148. The highest BCUT2D eigenvalue weighted by Gasteiger charge is 2.33. The molecule has 0 aromatic rings. The Morgan fingerprint density at radius 1 is 1.00 bits per heavy atom. The van der Waals surface area contributed by atoms with Gasteiger partial charge in [0.1, 0.15) is 12.3 Å². The zero-order valence-electron chi connectivity index (χ0n) is 17.1. The first-order chi connectivity index (χ1) is 13.1. The molecule has 0 fully saturated rings. The molecule has 3 atom stereocenters. The summed E-state index contributed by atoms with van der Waals surface area (Å²) in [7, 11) is 0. The van der Waals surface area contributed by atoms with Crippen LogP contribution in [0, 0.1) is 0 Å². The minimum Gasteiger partial charge on any atom is -0.466 e. The van der Waals surface area contributed by atoms with Crippen molar-refractivity contribution in [3.63, 3.8) is 0 Å². The van der Waals surface area contributed by atoms with Crippen LogP contribution >= 0.6 is 0 Å². The molecule has 0 spiro atoms. The molecular formula is C20H38FN3O3. The number of rotatable bonds is 18. The maximum Gasteiger partial charge on any atom is 0.317 e. The van der Waals surface area contributed by atoms with E-state index in [1.54, 1.807) is 6.92 Å². The fraction of sp³-hybridized carbons (Fsp3) is 0.950. The molecule has 7 heteroatoms. The van der Waals surface area contributed by atoms with E-state index < -0.39 is 24.3 Å². The summed E-state index contributed by atoms with van der Waals surface area (Å²) in [6.45, 7) is 3.90. The highest BCUT2D eigenvalue weighted by atomic mass is 19.1. The maximum atomic E-state index is 14.1. The predicted octanol–water partition coefficient (Wildman–Crippen LogP) is 6.02. The van der Waals surface area contributed by atoms with Crippen molar-refractivity contribution in [2.24, 2.45) is 5.11 Å². The number of carbonyl (C=O) groups excluding carboxylic acids is 1. The largest absolute Gasteiger partial charge is 0.466 e. The summed E-state index contributed by atoms with van der Waals surface area (Å²) in [6.07, 6.45) is 11.1. The predicted molar refractivity (Wildman–Crippen MR) is 106 cm³/mol. The van der Waals surface area contributed by atoms with Gasteiger partial charge in [-0.05, 0) is 18.9 Å². The summed E-state index contributed by atoms with van der Waals surface area (Å²) in [5.74, 6) is -0.889. The van der Waals surface area contributed by atoms with Crippen LogP contribution in [0.3, 0.4) is 0 Å². The van der Waals surface area contributed by atoms with Crippen LogP contribution < -0.4 is 0 Å². The molecule has 158 valence electrons. The monoisotopic (exact) mass is 387 g/mol. The molecule has 0 heterocycles. The van der Waals surface area contributed by atoms with Gasteiger partial charge in [0.2, 0.25) is 0 Å². The van der Waals surface area contributed by atoms with Gasteiger partial charge in [-0.1, -0.05) is 89.1 Å². The van der Waals surface area contributed by atoms with Crippen LogP contribution in [-0.4, -0.2) is 36.0 Å². The minimum absolute atomic E-state index is 0.0820. The first-order valence-electron chi connectivity index (χ1n) is 10.6. The third kappa shape index (κ3) is 13.5. The van der Waals surface area contributed by atoms with E-state index in [0.29, 0.717) is 6.42 Å². The lowest BCUT2D eigenvalue weighted by atomic mass is 10.0. The molecular weight excluding hydrogens is 349 g/mol. The van der Waals surface area contributed by atoms with Crippen LogP contribution in [0.1, 0.15) is 97.3 Å². The number of azide groups is 1. The van der Waals surface area contributed by atoms with E-state index in [4.69, 9.17) is 10.3 Å². The van der Waals surface area contributed by atoms with Crippen LogP contribution in [0.4, 0.5) is 4.39 Å². The van der Waals surface area contributed by atoms with E-state index >= 15 is 0 Å². The summed E-state index contributed by atoms with van der Waals surface area (Å²) in [5.41, 5.74) is 8.49. The van der Waals surface area contributed by atoms with Crippen molar-refractivity contribution in [1.29, 1.82) is 0 Å². The van der Waals surface area contributed by atoms with Crippen LogP contribution in [0.15, 0.2) is 5.11 Å². The number of halogens is 1. The lowest BCUT2D eigenvalue weighted by Crippen LogP contribution is -2.40. The Morgan fingerprint density at radius 3 is 1.93 bits per heavy atom. The Morgan fingerprint density at radius 2 is 1.48 bits per heavy atom. The third-order valence-electron chi connectivity index (χ3n) is 4.73. The maximum absolute atomic E-state index is 14.1. The molecule has 0 aromatic heterocycles. The highest BCUT2D eigenvalue weighted by Crippen LogP contribution is 2.18. The normalized spacial score (nSPS) is 14.2. The number of carbonyl (C=O) groups is 1. The van der Waals surface area contributed by atoms with Crippen molar-refractivity contribution in [3.05, 3.63) is 10.4 Å². The molecule has 0 aromatic carbocycles. The molecule has 6 nitrogen and oxygen atoms in total. The summed E-state index contributed by atoms with van der Waals surface area (Å²) in [5, 5.41) is 13.1. The second-order valence-electron chi connectivity index (χ2n) is 7.09. The number of hydrogen-bond acceptors (Lipinski definition) is 4. The number of esters is 1. The van der Waals surface area contributed by atoms with E-state index in [1.807, 2.05) is 0 Å². The Hall–Kier alpha value is -1.33. The van der Waals surface area contributed by atoms with Gasteiger partial charge in [-0.2, -0.15) is 0 Å². The molecule has 0 rings (SSSR count). The molecule has 0 saturated carbocycles. The average Bonchev–Trinajstić information content (AvgIpc) is 2.66. The second-order valence-corrected chi connectivity index (χ2v) is 7.09. The van der Waals surface area contributed by atoms with Crippen LogP contribution in [0.25, 0.3) is 10.4 Å². The molecule has 0 aliphatic rings. The summed E-state index contributed by atoms with van der Waals surface area (Å²) < 4.78 is 18.8. The first-order valence-corrected chi connectivity index (χ1v) is 10.6. The quantitative estimate of drug-likeness (QED) is 0.102. The van der Waals surface area contributed by atoms with Crippen molar-refractivity contribution in [1.82, 2.24) is 0 Å². The first kappa shape index (κ1) is 25.7. The Labute approximate surface area is 163 Å². The lowest BCUT2D eigenvalue weighted by Gasteiger charge is -2.20. The number of nitrogens with zero attached hydrogens (tertiary/aromatic N) is 3.